The Morgan fingerprint density at radius 3 is 2.58 bits per heavy atom. The van der Waals surface area contributed by atoms with Gasteiger partial charge in [-0.15, -0.1) is 0 Å². The molecule has 120 valence electrons. The molecule has 0 fully saturated rings. The SMILES string of the molecule is CC(=O)c1cccc(NC(=O)Cc2n[nH]c(=O)c3ccccc23)c1. The van der Waals surface area contributed by atoms with Crippen LogP contribution in [0.2, 0.25) is 0 Å². The number of hydrogen-bond donors (Lipinski definition) is 2. The number of fused-ring (bicyclic) bond motifs is 1. The number of rotatable bonds is 4. The largest absolute Gasteiger partial charge is 0.326 e. The van der Waals surface area contributed by atoms with Crippen LogP contribution < -0.4 is 10.9 Å². The number of anilines is 1. The second-order valence-corrected chi connectivity index (χ2v) is 5.41. The number of nitrogens with zero attached hydrogens (tertiary/aromatic N) is 1. The maximum atomic E-state index is 12.3. The van der Waals surface area contributed by atoms with Crippen LogP contribution in [0.25, 0.3) is 10.8 Å². The fraction of sp³-hybridized carbons (Fsp3) is 0.111. The third kappa shape index (κ3) is 3.22. The number of carbonyl (C=O) groups excluding carboxylic acids is 2. The zero-order valence-corrected chi connectivity index (χ0v) is 13.0. The smallest absolute Gasteiger partial charge is 0.272 e. The van der Waals surface area contributed by atoms with Crippen molar-refractivity contribution in [2.75, 3.05) is 5.32 Å². The fourth-order valence-electron chi connectivity index (χ4n) is 2.48. The van der Waals surface area contributed by atoms with Crippen LogP contribution in [0.4, 0.5) is 5.69 Å². The number of nitrogens with one attached hydrogen (secondary N) is 2. The molecule has 2 aromatic carbocycles. The summed E-state index contributed by atoms with van der Waals surface area (Å²) in [7, 11) is 0. The highest BCUT2D eigenvalue weighted by molar-refractivity contribution is 5.98. The van der Waals surface area contributed by atoms with Gasteiger partial charge in [0.15, 0.2) is 5.78 Å². The van der Waals surface area contributed by atoms with Crippen LogP contribution in [0.15, 0.2) is 53.3 Å². The highest BCUT2D eigenvalue weighted by Crippen LogP contribution is 2.15. The monoisotopic (exact) mass is 321 g/mol. The summed E-state index contributed by atoms with van der Waals surface area (Å²) < 4.78 is 0. The number of hydrogen-bond acceptors (Lipinski definition) is 4. The molecule has 3 rings (SSSR count). The molecule has 24 heavy (non-hydrogen) atoms. The van der Waals surface area contributed by atoms with Gasteiger partial charge in [-0.25, -0.2) is 5.10 Å². The Balaban J connectivity index is 1.83. The summed E-state index contributed by atoms with van der Waals surface area (Å²) in [6.07, 6.45) is 0.0155. The second kappa shape index (κ2) is 6.45. The Labute approximate surface area is 137 Å². The van der Waals surface area contributed by atoms with Gasteiger partial charge < -0.3 is 5.32 Å². The summed E-state index contributed by atoms with van der Waals surface area (Å²) >= 11 is 0. The van der Waals surface area contributed by atoms with E-state index in [9.17, 15) is 14.4 Å². The molecule has 0 saturated heterocycles. The predicted octanol–water partition coefficient (Wildman–Crippen LogP) is 2.31. The normalized spacial score (nSPS) is 10.5. The Hall–Kier alpha value is -3.28. The van der Waals surface area contributed by atoms with Gasteiger partial charge >= 0.3 is 0 Å². The molecule has 0 saturated carbocycles. The van der Waals surface area contributed by atoms with Gasteiger partial charge in [0.05, 0.1) is 17.5 Å². The molecule has 0 bridgehead atoms. The average molecular weight is 321 g/mol. The molecule has 2 N–H and O–H groups in total. The van der Waals surface area contributed by atoms with Crippen molar-refractivity contribution in [2.45, 2.75) is 13.3 Å². The zero-order valence-electron chi connectivity index (χ0n) is 13.0. The van der Waals surface area contributed by atoms with E-state index in [-0.39, 0.29) is 23.7 Å². The van der Waals surface area contributed by atoms with Crippen LogP contribution in [-0.2, 0) is 11.2 Å². The van der Waals surface area contributed by atoms with Gasteiger partial charge in [0, 0.05) is 16.6 Å². The van der Waals surface area contributed by atoms with Crippen molar-refractivity contribution in [3.63, 3.8) is 0 Å². The Morgan fingerprint density at radius 2 is 1.83 bits per heavy atom. The van der Waals surface area contributed by atoms with E-state index in [4.69, 9.17) is 0 Å². The molecule has 3 aromatic rings. The summed E-state index contributed by atoms with van der Waals surface area (Å²) in [5.74, 6) is -0.347. The number of H-pyrrole nitrogens is 1. The van der Waals surface area contributed by atoms with E-state index in [0.29, 0.717) is 27.7 Å². The molecule has 1 heterocycles. The summed E-state index contributed by atoms with van der Waals surface area (Å²) in [6, 6.07) is 13.7. The summed E-state index contributed by atoms with van der Waals surface area (Å²) in [5, 5.41) is 10.3. The number of ketones is 1. The van der Waals surface area contributed by atoms with Crippen LogP contribution >= 0.6 is 0 Å². The first-order valence-electron chi connectivity index (χ1n) is 7.42. The van der Waals surface area contributed by atoms with Crippen LogP contribution in [0, 0.1) is 0 Å². The first-order valence-corrected chi connectivity index (χ1v) is 7.42. The van der Waals surface area contributed by atoms with Gasteiger partial charge in [-0.1, -0.05) is 30.3 Å². The lowest BCUT2D eigenvalue weighted by Crippen LogP contribution is -2.18. The molecule has 6 heteroatoms. The quantitative estimate of drug-likeness (QED) is 0.721. The number of benzene rings is 2. The first kappa shape index (κ1) is 15.6. The van der Waals surface area contributed by atoms with Crippen LogP contribution in [0.1, 0.15) is 23.0 Å². The third-order valence-corrected chi connectivity index (χ3v) is 3.66. The number of amides is 1. The van der Waals surface area contributed by atoms with Crippen LogP contribution in [-0.4, -0.2) is 21.9 Å². The van der Waals surface area contributed by atoms with Gasteiger partial charge in [-0.3, -0.25) is 14.4 Å². The Kier molecular flexibility index (Phi) is 4.20. The van der Waals surface area contributed by atoms with Crippen molar-refractivity contribution in [2.24, 2.45) is 0 Å². The highest BCUT2D eigenvalue weighted by Gasteiger charge is 2.11. The van der Waals surface area contributed by atoms with Gasteiger partial charge in [-0.2, -0.15) is 5.10 Å². The molecule has 0 radical (unpaired) electrons. The van der Waals surface area contributed by atoms with Gasteiger partial charge in [-0.05, 0) is 25.1 Å². The van der Waals surface area contributed by atoms with Crippen molar-refractivity contribution in [3.8, 4) is 0 Å². The fourth-order valence-corrected chi connectivity index (χ4v) is 2.48. The number of Topliss-reactive ketones (excluding diaryl/α,β-unsaturated/α-hetero) is 1. The van der Waals surface area contributed by atoms with Crippen molar-refractivity contribution in [3.05, 3.63) is 70.1 Å². The van der Waals surface area contributed by atoms with E-state index in [0.717, 1.165) is 0 Å². The maximum Gasteiger partial charge on any atom is 0.272 e. The van der Waals surface area contributed by atoms with Gasteiger partial charge in [0.2, 0.25) is 5.91 Å². The zero-order chi connectivity index (χ0) is 17.1. The van der Waals surface area contributed by atoms with Crippen LogP contribution in [0.3, 0.4) is 0 Å². The average Bonchev–Trinajstić information content (AvgIpc) is 2.58. The minimum absolute atomic E-state index is 0.0155. The summed E-state index contributed by atoms with van der Waals surface area (Å²) in [5.41, 5.74) is 1.27. The van der Waals surface area contributed by atoms with Crippen molar-refractivity contribution in [1.29, 1.82) is 0 Å². The van der Waals surface area contributed by atoms with E-state index in [1.165, 1.54) is 6.92 Å². The van der Waals surface area contributed by atoms with E-state index in [1.807, 2.05) is 0 Å². The van der Waals surface area contributed by atoms with E-state index in [1.54, 1.807) is 48.5 Å². The molecule has 1 aromatic heterocycles. The molecule has 0 unspecified atom stereocenters. The number of aromatic amines is 1. The predicted molar refractivity (Wildman–Crippen MR) is 91.1 cm³/mol. The standard InChI is InChI=1S/C18H15N3O3/c1-11(22)12-5-4-6-13(9-12)19-17(23)10-16-14-7-2-3-8-15(14)18(24)21-20-16/h2-9H,10H2,1H3,(H,19,23)(H,21,24). The van der Waals surface area contributed by atoms with E-state index >= 15 is 0 Å². The van der Waals surface area contributed by atoms with E-state index in [2.05, 4.69) is 15.5 Å². The lowest BCUT2D eigenvalue weighted by atomic mass is 10.1. The van der Waals surface area contributed by atoms with Crippen molar-refractivity contribution >= 4 is 28.2 Å². The number of carbonyl (C=O) groups is 2. The molecule has 1 amide bonds. The molecule has 0 aliphatic carbocycles. The molecule has 0 spiro atoms. The number of aromatic nitrogens is 2. The lowest BCUT2D eigenvalue weighted by Gasteiger charge is -2.07. The minimum atomic E-state index is -0.288. The minimum Gasteiger partial charge on any atom is -0.326 e. The van der Waals surface area contributed by atoms with Crippen molar-refractivity contribution in [1.82, 2.24) is 10.2 Å². The van der Waals surface area contributed by atoms with Crippen molar-refractivity contribution < 1.29 is 9.59 Å². The summed E-state index contributed by atoms with van der Waals surface area (Å²) in [6.45, 7) is 1.47. The first-order chi connectivity index (χ1) is 11.5. The second-order valence-electron chi connectivity index (χ2n) is 5.41. The van der Waals surface area contributed by atoms with Gasteiger partial charge in [0.1, 0.15) is 0 Å². The molecule has 0 aliphatic heterocycles. The summed E-state index contributed by atoms with van der Waals surface area (Å²) in [4.78, 5) is 35.4. The van der Waals surface area contributed by atoms with E-state index < -0.39 is 0 Å². The molecule has 0 atom stereocenters. The van der Waals surface area contributed by atoms with Gasteiger partial charge in [0.25, 0.3) is 5.56 Å². The third-order valence-electron chi connectivity index (χ3n) is 3.66. The maximum absolute atomic E-state index is 12.3. The molecular weight excluding hydrogens is 306 g/mol. The van der Waals surface area contributed by atoms with Crippen LogP contribution in [0.5, 0.6) is 0 Å². The molecule has 0 aliphatic rings. The molecular formula is C18H15N3O3. The highest BCUT2D eigenvalue weighted by atomic mass is 16.2. The topological polar surface area (TPSA) is 91.9 Å². The molecule has 6 nitrogen and oxygen atoms in total. The Bertz CT molecular complexity index is 992. The Morgan fingerprint density at radius 1 is 1.08 bits per heavy atom. The lowest BCUT2D eigenvalue weighted by molar-refractivity contribution is -0.115.